The minimum Gasteiger partial charge on any atom is -0.477 e. The summed E-state index contributed by atoms with van der Waals surface area (Å²) < 4.78 is 0.978. The zero-order valence-corrected chi connectivity index (χ0v) is 11.4. The fourth-order valence-electron chi connectivity index (χ4n) is 1.70. The number of rotatable bonds is 2. The van der Waals surface area contributed by atoms with Crippen molar-refractivity contribution < 1.29 is 9.90 Å². The van der Waals surface area contributed by atoms with Gasteiger partial charge >= 0.3 is 5.97 Å². The maximum Gasteiger partial charge on any atom is 0.348 e. The van der Waals surface area contributed by atoms with Crippen LogP contribution in [0.2, 0.25) is 0 Å². The maximum atomic E-state index is 11.0. The number of aryl methyl sites for hydroxylation is 1. The highest BCUT2D eigenvalue weighted by Gasteiger charge is 2.19. The molecule has 1 aromatic heterocycles. The maximum absolute atomic E-state index is 11.0. The van der Waals surface area contributed by atoms with Crippen LogP contribution in [-0.2, 0) is 0 Å². The molecule has 0 aliphatic carbocycles. The van der Waals surface area contributed by atoms with E-state index in [0.717, 1.165) is 20.5 Å². The number of benzene rings is 1. The lowest BCUT2D eigenvalue weighted by atomic mass is 10.0. The van der Waals surface area contributed by atoms with E-state index >= 15 is 0 Å². The summed E-state index contributed by atoms with van der Waals surface area (Å²) in [5.74, 6) is -0.973. The highest BCUT2D eigenvalue weighted by Crippen LogP contribution is 2.38. The van der Waals surface area contributed by atoms with Crippen LogP contribution in [0.4, 0.5) is 5.69 Å². The van der Waals surface area contributed by atoms with Crippen molar-refractivity contribution in [1.29, 1.82) is 0 Å². The smallest absolute Gasteiger partial charge is 0.348 e. The third-order valence-electron chi connectivity index (χ3n) is 2.45. The molecule has 0 bridgehead atoms. The van der Waals surface area contributed by atoms with Crippen LogP contribution >= 0.6 is 27.3 Å². The molecule has 0 amide bonds. The van der Waals surface area contributed by atoms with Gasteiger partial charge in [-0.15, -0.1) is 11.3 Å². The topological polar surface area (TPSA) is 63.3 Å². The highest BCUT2D eigenvalue weighted by atomic mass is 79.9. The summed E-state index contributed by atoms with van der Waals surface area (Å²) in [6, 6.07) is 7.65. The van der Waals surface area contributed by atoms with Gasteiger partial charge in [-0.3, -0.25) is 0 Å². The molecule has 0 atom stereocenters. The Morgan fingerprint density at radius 3 is 2.41 bits per heavy atom. The Balaban J connectivity index is 2.59. The summed E-state index contributed by atoms with van der Waals surface area (Å²) in [5, 5.41) is 9.02. The molecule has 0 aliphatic heterocycles. The summed E-state index contributed by atoms with van der Waals surface area (Å²) in [4.78, 5) is 12.1. The number of aromatic carboxylic acids is 1. The van der Waals surface area contributed by atoms with Gasteiger partial charge in [0.1, 0.15) is 4.88 Å². The molecule has 3 N–H and O–H groups in total. The number of carboxylic acid groups (broad SMARTS) is 1. The highest BCUT2D eigenvalue weighted by molar-refractivity contribution is 9.10. The first-order valence-electron chi connectivity index (χ1n) is 4.89. The van der Waals surface area contributed by atoms with Crippen LogP contribution in [0.25, 0.3) is 11.1 Å². The van der Waals surface area contributed by atoms with E-state index in [4.69, 9.17) is 10.8 Å². The van der Waals surface area contributed by atoms with Crippen LogP contribution in [0.5, 0.6) is 0 Å². The summed E-state index contributed by atoms with van der Waals surface area (Å²) >= 11 is 4.57. The van der Waals surface area contributed by atoms with E-state index < -0.39 is 5.97 Å². The molecule has 2 rings (SSSR count). The summed E-state index contributed by atoms with van der Waals surface area (Å²) in [6.07, 6.45) is 0. The van der Waals surface area contributed by atoms with Crippen molar-refractivity contribution in [3.05, 3.63) is 38.5 Å². The van der Waals surface area contributed by atoms with E-state index in [1.54, 1.807) is 0 Å². The van der Waals surface area contributed by atoms with Crippen LogP contribution in [0.3, 0.4) is 0 Å². The minimum absolute atomic E-state index is 0.209. The van der Waals surface area contributed by atoms with E-state index in [1.165, 1.54) is 11.3 Å². The second-order valence-corrected chi connectivity index (χ2v) is 5.73. The van der Waals surface area contributed by atoms with Crippen molar-refractivity contribution in [3.8, 4) is 11.1 Å². The quantitative estimate of drug-likeness (QED) is 0.887. The molecule has 0 saturated carbocycles. The zero-order valence-electron chi connectivity index (χ0n) is 9.03. The van der Waals surface area contributed by atoms with E-state index in [1.807, 2.05) is 31.2 Å². The van der Waals surface area contributed by atoms with E-state index in [-0.39, 0.29) is 4.88 Å². The van der Waals surface area contributed by atoms with Gasteiger partial charge in [-0.05, 0) is 24.6 Å². The lowest BCUT2D eigenvalue weighted by Gasteiger charge is -2.03. The largest absolute Gasteiger partial charge is 0.477 e. The van der Waals surface area contributed by atoms with Gasteiger partial charge in [0, 0.05) is 14.9 Å². The molecule has 0 unspecified atom stereocenters. The van der Waals surface area contributed by atoms with Gasteiger partial charge in [0.05, 0.1) is 5.69 Å². The third kappa shape index (κ3) is 2.21. The number of hydrogen-bond acceptors (Lipinski definition) is 3. The van der Waals surface area contributed by atoms with Gasteiger partial charge in [-0.25, -0.2) is 4.79 Å². The standard InChI is InChI=1S/C12H10BrNO2S/c1-6-9(7-2-4-8(13)5-3-7)10(14)11(17-6)12(15)16/h2-5H,14H2,1H3,(H,15,16). The summed E-state index contributed by atoms with van der Waals surface area (Å²) in [5.41, 5.74) is 8.00. The van der Waals surface area contributed by atoms with Crippen molar-refractivity contribution in [2.75, 3.05) is 5.73 Å². The second kappa shape index (κ2) is 4.50. The lowest BCUT2D eigenvalue weighted by Crippen LogP contribution is -1.98. The first-order valence-corrected chi connectivity index (χ1v) is 6.49. The average Bonchev–Trinajstić information content (AvgIpc) is 2.56. The predicted molar refractivity (Wildman–Crippen MR) is 73.6 cm³/mol. The first-order chi connectivity index (χ1) is 8.00. The van der Waals surface area contributed by atoms with Crippen molar-refractivity contribution in [3.63, 3.8) is 0 Å². The fraction of sp³-hybridized carbons (Fsp3) is 0.0833. The van der Waals surface area contributed by atoms with Gasteiger partial charge in [0.2, 0.25) is 0 Å². The number of anilines is 1. The fourth-order valence-corrected chi connectivity index (χ4v) is 2.90. The number of hydrogen-bond donors (Lipinski definition) is 2. The second-order valence-electron chi connectivity index (χ2n) is 3.59. The summed E-state index contributed by atoms with van der Waals surface area (Å²) in [7, 11) is 0. The average molecular weight is 312 g/mol. The van der Waals surface area contributed by atoms with E-state index in [9.17, 15) is 4.79 Å². The molecule has 0 spiro atoms. The van der Waals surface area contributed by atoms with Crippen molar-refractivity contribution in [2.24, 2.45) is 0 Å². The van der Waals surface area contributed by atoms with Crippen LogP contribution in [-0.4, -0.2) is 11.1 Å². The monoisotopic (exact) mass is 311 g/mol. The number of carbonyl (C=O) groups is 1. The number of carboxylic acids is 1. The molecule has 1 aromatic carbocycles. The van der Waals surface area contributed by atoms with Crippen molar-refractivity contribution in [1.82, 2.24) is 0 Å². The Bertz CT molecular complexity index is 575. The third-order valence-corrected chi connectivity index (χ3v) is 4.09. The van der Waals surface area contributed by atoms with Crippen LogP contribution in [0, 0.1) is 6.92 Å². The molecular formula is C12H10BrNO2S. The number of halogens is 1. The van der Waals surface area contributed by atoms with Gasteiger partial charge in [0.15, 0.2) is 0 Å². The lowest BCUT2D eigenvalue weighted by molar-refractivity contribution is 0.0703. The van der Waals surface area contributed by atoms with Gasteiger partial charge in [-0.1, -0.05) is 28.1 Å². The Morgan fingerprint density at radius 2 is 1.94 bits per heavy atom. The molecule has 2 aromatic rings. The first kappa shape index (κ1) is 12.1. The molecule has 88 valence electrons. The number of nitrogen functional groups attached to an aromatic ring is 1. The van der Waals surface area contributed by atoms with E-state index in [0.29, 0.717) is 5.69 Å². The Labute approximate surface area is 111 Å². The Morgan fingerprint density at radius 1 is 1.35 bits per heavy atom. The molecule has 0 saturated heterocycles. The Kier molecular flexibility index (Phi) is 3.22. The molecular weight excluding hydrogens is 302 g/mol. The molecule has 17 heavy (non-hydrogen) atoms. The predicted octanol–water partition coefficient (Wildman–Crippen LogP) is 3.77. The number of thiophene rings is 1. The van der Waals surface area contributed by atoms with Gasteiger partial charge < -0.3 is 10.8 Å². The minimum atomic E-state index is -0.973. The summed E-state index contributed by atoms with van der Waals surface area (Å²) in [6.45, 7) is 1.88. The van der Waals surface area contributed by atoms with Crippen LogP contribution in [0.15, 0.2) is 28.7 Å². The van der Waals surface area contributed by atoms with Gasteiger partial charge in [-0.2, -0.15) is 0 Å². The zero-order chi connectivity index (χ0) is 12.6. The van der Waals surface area contributed by atoms with Crippen molar-refractivity contribution >= 4 is 38.9 Å². The van der Waals surface area contributed by atoms with Gasteiger partial charge in [0.25, 0.3) is 0 Å². The molecule has 0 fully saturated rings. The molecule has 5 heteroatoms. The van der Waals surface area contributed by atoms with Crippen LogP contribution < -0.4 is 5.73 Å². The molecule has 0 radical (unpaired) electrons. The SMILES string of the molecule is Cc1sc(C(=O)O)c(N)c1-c1ccc(Br)cc1. The van der Waals surface area contributed by atoms with E-state index in [2.05, 4.69) is 15.9 Å². The van der Waals surface area contributed by atoms with Crippen molar-refractivity contribution in [2.45, 2.75) is 6.92 Å². The Hall–Kier alpha value is -1.33. The normalized spacial score (nSPS) is 10.5. The molecule has 3 nitrogen and oxygen atoms in total. The molecule has 0 aliphatic rings. The van der Waals surface area contributed by atoms with Crippen LogP contribution in [0.1, 0.15) is 14.5 Å². The number of nitrogens with two attached hydrogens (primary N) is 1. The molecule has 1 heterocycles.